The summed E-state index contributed by atoms with van der Waals surface area (Å²) in [6.07, 6.45) is -1.01. The van der Waals surface area contributed by atoms with E-state index in [0.717, 1.165) is 0 Å². The van der Waals surface area contributed by atoms with Crippen LogP contribution in [-0.4, -0.2) is 0 Å². The van der Waals surface area contributed by atoms with Crippen LogP contribution < -0.4 is 0 Å². The van der Waals surface area contributed by atoms with Gasteiger partial charge in [0.05, 0.1) is 0 Å². The molecule has 8 atom stereocenters. The van der Waals surface area contributed by atoms with Crippen LogP contribution in [0, 0.1) is 81.4 Å². The number of fused-ring (bicyclic) bond motifs is 32. The van der Waals surface area contributed by atoms with E-state index >= 15 is 43.9 Å². The van der Waals surface area contributed by atoms with Gasteiger partial charge in [0.1, 0.15) is 34.9 Å². The van der Waals surface area contributed by atoms with Gasteiger partial charge in [-0.05, 0) is 25.7 Å². The van der Waals surface area contributed by atoms with Crippen LogP contribution in [0.4, 0.5) is 61.5 Å². The van der Waals surface area contributed by atoms with Gasteiger partial charge < -0.3 is 0 Å². The number of halogens is 14. The molecular weight excluding hydrogens is 770 g/mol. The Balaban J connectivity index is 0.982. The highest BCUT2D eigenvalue weighted by atomic mass is 19.2. The van der Waals surface area contributed by atoms with E-state index in [1.165, 1.54) is 0 Å². The molecular formula is C42H16F14. The Morgan fingerprint density at radius 1 is 0.161 bits per heavy atom. The Bertz CT molecular complexity index is 2550. The maximum absolute atomic E-state index is 17.1. The smallest absolute Gasteiger partial charge is 0.197 e. The van der Waals surface area contributed by atoms with Crippen LogP contribution in [-0.2, 0) is 0 Å². The molecule has 8 bridgehead atoms. The Kier molecular flexibility index (Phi) is 5.44. The summed E-state index contributed by atoms with van der Waals surface area (Å²) in [5.41, 5.74) is -6.70. The third-order valence-corrected chi connectivity index (χ3v) is 14.7. The van der Waals surface area contributed by atoms with Crippen molar-refractivity contribution in [1.82, 2.24) is 0 Å². The van der Waals surface area contributed by atoms with Crippen LogP contribution in [0.5, 0.6) is 0 Å². The van der Waals surface area contributed by atoms with E-state index in [0.29, 0.717) is 0 Å². The van der Waals surface area contributed by atoms with Gasteiger partial charge in [-0.2, -0.15) is 0 Å². The van der Waals surface area contributed by atoms with Crippen LogP contribution >= 0.6 is 0 Å². The molecule has 14 heteroatoms. The standard InChI is InChI=1S/C42H16F14/c43-29-13-5-1-6(18-17(5)31(45)21-9-3-10(22(21)32(18)46)26-25(9)35(49)39(53)40(54)36(26)50)14(13)30(44)16-8-2-7(15(16)29)19-20(8)34(48)24-12-4-11(23(24)33(19)47)27-28(12)38(52)42(56)41(55)37(27)51/h5-12H,1-4H2. The van der Waals surface area contributed by atoms with Crippen molar-refractivity contribution in [3.8, 4) is 0 Å². The molecule has 0 radical (unpaired) electrons. The molecule has 8 aliphatic rings. The maximum Gasteiger partial charge on any atom is 0.197 e. The predicted molar refractivity (Wildman–Crippen MR) is 165 cm³/mol. The number of rotatable bonds is 0. The van der Waals surface area contributed by atoms with E-state index in [2.05, 4.69) is 0 Å². The second kappa shape index (κ2) is 9.45. The van der Waals surface area contributed by atoms with E-state index < -0.39 is 173 Å². The minimum Gasteiger partial charge on any atom is -0.206 e. The van der Waals surface area contributed by atoms with Crippen molar-refractivity contribution in [2.45, 2.75) is 73.0 Å². The molecule has 0 saturated heterocycles. The molecule has 0 N–H and O–H groups in total. The molecule has 0 heterocycles. The molecule has 0 amide bonds. The predicted octanol–water partition coefficient (Wildman–Crippen LogP) is 11.6. The van der Waals surface area contributed by atoms with Gasteiger partial charge in [0.15, 0.2) is 46.5 Å². The summed E-state index contributed by atoms with van der Waals surface area (Å²) in [7, 11) is 0. The number of benzene rings is 5. The second-order valence-corrected chi connectivity index (χ2v) is 16.4. The SMILES string of the molecule is Fc1c(F)c(F)c2c(c1F)C1CC2c2c(F)c3c(c(F)c21)C1CC3c2c(F)c3c(c(F)c21)C1CC3c2c(F)c3c(c(F)c21)C1CC3c2c(F)c(F)c(F)c(F)c21. The van der Waals surface area contributed by atoms with Crippen LogP contribution in [0.3, 0.4) is 0 Å². The van der Waals surface area contributed by atoms with Gasteiger partial charge >= 0.3 is 0 Å². The lowest BCUT2D eigenvalue weighted by atomic mass is 9.74. The van der Waals surface area contributed by atoms with Crippen molar-refractivity contribution in [1.29, 1.82) is 0 Å². The van der Waals surface area contributed by atoms with Gasteiger partial charge in [-0.25, -0.2) is 61.5 Å². The highest BCUT2D eigenvalue weighted by Crippen LogP contribution is 2.70. The molecule has 5 aromatic carbocycles. The Hall–Kier alpha value is -4.88. The third kappa shape index (κ3) is 2.99. The van der Waals surface area contributed by atoms with Crippen LogP contribution in [0.2, 0.25) is 0 Å². The molecule has 0 nitrogen and oxygen atoms in total. The quantitative estimate of drug-likeness (QED) is 0.0833. The zero-order valence-electron chi connectivity index (χ0n) is 27.7. The molecule has 0 spiro atoms. The molecule has 8 aliphatic carbocycles. The van der Waals surface area contributed by atoms with Crippen molar-refractivity contribution >= 4 is 0 Å². The first-order chi connectivity index (χ1) is 26.7. The van der Waals surface area contributed by atoms with E-state index in [1.807, 2.05) is 0 Å². The lowest BCUT2D eigenvalue weighted by molar-refractivity contribution is 0.398. The Labute approximate surface area is 304 Å². The van der Waals surface area contributed by atoms with Crippen molar-refractivity contribution in [3.05, 3.63) is 170 Å². The highest BCUT2D eigenvalue weighted by Gasteiger charge is 2.60. The lowest BCUT2D eigenvalue weighted by Gasteiger charge is -2.31. The van der Waals surface area contributed by atoms with Crippen molar-refractivity contribution < 1.29 is 61.5 Å². The van der Waals surface area contributed by atoms with Gasteiger partial charge in [-0.1, -0.05) is 0 Å². The maximum atomic E-state index is 17.1. The molecule has 0 aliphatic heterocycles. The van der Waals surface area contributed by atoms with Gasteiger partial charge in [0, 0.05) is 136 Å². The summed E-state index contributed by atoms with van der Waals surface area (Å²) in [5.74, 6) is -32.4. The average molecular weight is 787 g/mol. The molecule has 0 aromatic heterocycles. The fourth-order valence-electron chi connectivity index (χ4n) is 13.1. The Morgan fingerprint density at radius 3 is 0.393 bits per heavy atom. The zero-order valence-corrected chi connectivity index (χ0v) is 27.7. The third-order valence-electron chi connectivity index (χ3n) is 14.7. The summed E-state index contributed by atoms with van der Waals surface area (Å²) in [6, 6.07) is 0. The first-order valence-electron chi connectivity index (χ1n) is 18.0. The van der Waals surface area contributed by atoms with E-state index in [9.17, 15) is 17.6 Å². The largest absolute Gasteiger partial charge is 0.206 e. The van der Waals surface area contributed by atoms with Gasteiger partial charge in [0.2, 0.25) is 0 Å². The summed E-state index contributed by atoms with van der Waals surface area (Å²) >= 11 is 0. The monoisotopic (exact) mass is 786 g/mol. The second-order valence-electron chi connectivity index (χ2n) is 16.4. The first-order valence-corrected chi connectivity index (χ1v) is 18.0. The zero-order chi connectivity index (χ0) is 38.8. The van der Waals surface area contributed by atoms with Gasteiger partial charge in [-0.15, -0.1) is 0 Å². The molecule has 0 fully saturated rings. The summed E-state index contributed by atoms with van der Waals surface area (Å²) in [5, 5.41) is 0. The topological polar surface area (TPSA) is 0 Å². The minimum absolute atomic E-state index is 0.211. The molecule has 0 saturated carbocycles. The van der Waals surface area contributed by atoms with Crippen molar-refractivity contribution in [2.75, 3.05) is 0 Å². The van der Waals surface area contributed by atoms with Crippen LogP contribution in [0.15, 0.2) is 0 Å². The van der Waals surface area contributed by atoms with Crippen molar-refractivity contribution in [2.24, 2.45) is 0 Å². The normalized spacial score (nSPS) is 27.5. The van der Waals surface area contributed by atoms with Crippen LogP contribution in [0.1, 0.15) is 162 Å². The first kappa shape index (κ1) is 32.2. The summed E-state index contributed by atoms with van der Waals surface area (Å²) in [6.45, 7) is 0. The van der Waals surface area contributed by atoms with Gasteiger partial charge in [0.25, 0.3) is 0 Å². The minimum atomic E-state index is -2.10. The molecule has 282 valence electrons. The van der Waals surface area contributed by atoms with Crippen LogP contribution in [0.25, 0.3) is 0 Å². The van der Waals surface area contributed by atoms with Gasteiger partial charge in [-0.3, -0.25) is 0 Å². The number of hydrogen-bond acceptors (Lipinski definition) is 0. The highest BCUT2D eigenvalue weighted by molar-refractivity contribution is 5.73. The Morgan fingerprint density at radius 2 is 0.268 bits per heavy atom. The molecule has 13 rings (SSSR count). The van der Waals surface area contributed by atoms with E-state index in [1.54, 1.807) is 0 Å². The fraction of sp³-hybridized carbons (Fsp3) is 0.286. The molecule has 8 unspecified atom stereocenters. The van der Waals surface area contributed by atoms with Crippen molar-refractivity contribution in [3.63, 3.8) is 0 Å². The lowest BCUT2D eigenvalue weighted by Crippen LogP contribution is -2.22. The van der Waals surface area contributed by atoms with E-state index in [-0.39, 0.29) is 70.2 Å². The number of hydrogen-bond donors (Lipinski definition) is 0. The molecule has 5 aromatic rings. The summed E-state index contributed by atoms with van der Waals surface area (Å²) in [4.78, 5) is 0. The molecule has 56 heavy (non-hydrogen) atoms. The summed E-state index contributed by atoms with van der Waals surface area (Å²) < 4.78 is 219. The van der Waals surface area contributed by atoms with E-state index in [4.69, 9.17) is 0 Å². The average Bonchev–Trinajstić information content (AvgIpc) is 4.05. The fourth-order valence-corrected chi connectivity index (χ4v) is 13.1.